The fraction of sp³-hybridized carbons (Fsp3) is 0.429. The Morgan fingerprint density at radius 2 is 1.61 bits per heavy atom. The number of benzene rings is 1. The number of hydrogen-bond donors (Lipinski definition) is 2. The van der Waals surface area contributed by atoms with Crippen molar-refractivity contribution in [3.05, 3.63) is 51.9 Å². The van der Waals surface area contributed by atoms with Crippen molar-refractivity contribution >= 4 is 28.2 Å². The van der Waals surface area contributed by atoms with E-state index in [1.54, 1.807) is 37.3 Å². The molecule has 0 fully saturated rings. The molecule has 5 nitrogen and oxygen atoms in total. The number of carbonyl (C=O) groups is 2. The first-order chi connectivity index (χ1) is 15.3. The van der Waals surface area contributed by atoms with Gasteiger partial charge < -0.3 is 15.4 Å². The first-order valence-corrected chi connectivity index (χ1v) is 10.6. The van der Waals surface area contributed by atoms with E-state index in [-0.39, 0.29) is 18.4 Å². The van der Waals surface area contributed by atoms with Gasteiger partial charge in [-0.3, -0.25) is 4.79 Å². The molecule has 1 amide bonds. The minimum absolute atomic E-state index is 0.0655. The highest BCUT2D eigenvalue weighted by atomic mass is 32.1. The van der Waals surface area contributed by atoms with Crippen LogP contribution in [0.15, 0.2) is 30.3 Å². The number of halogens is 6. The molecule has 0 spiro atoms. The second-order valence-corrected chi connectivity index (χ2v) is 8.32. The van der Waals surface area contributed by atoms with Gasteiger partial charge in [0.1, 0.15) is 5.00 Å². The van der Waals surface area contributed by atoms with Crippen molar-refractivity contribution in [1.82, 2.24) is 5.32 Å². The van der Waals surface area contributed by atoms with Crippen LogP contribution in [0.5, 0.6) is 0 Å². The second kappa shape index (κ2) is 10.0. The number of anilines is 1. The summed E-state index contributed by atoms with van der Waals surface area (Å²) in [6.45, 7) is 3.06. The van der Waals surface area contributed by atoms with Gasteiger partial charge in [0.15, 0.2) is 0 Å². The normalized spacial score (nSPS) is 12.4. The lowest BCUT2D eigenvalue weighted by atomic mass is 10.0. The molecule has 0 aliphatic rings. The highest BCUT2D eigenvalue weighted by Crippen LogP contribution is 2.46. The summed E-state index contributed by atoms with van der Waals surface area (Å²) in [6.07, 6.45) is -12.5. The summed E-state index contributed by atoms with van der Waals surface area (Å²) in [7, 11) is 0.963. The predicted molar refractivity (Wildman–Crippen MR) is 111 cm³/mol. The fourth-order valence-corrected chi connectivity index (χ4v) is 4.42. The Hall–Kier alpha value is -2.76. The maximum absolute atomic E-state index is 14.0. The zero-order valence-electron chi connectivity index (χ0n) is 17.9. The molecule has 2 N–H and O–H groups in total. The molecule has 1 heterocycles. The number of methoxy groups -OCH3 is 1. The third kappa shape index (κ3) is 5.60. The Morgan fingerprint density at radius 1 is 1.03 bits per heavy atom. The molecule has 12 heteroatoms. The molecular weight excluding hydrogens is 474 g/mol. The molecule has 0 saturated carbocycles. The summed E-state index contributed by atoms with van der Waals surface area (Å²) in [5.74, 6) is -2.56. The predicted octanol–water partition coefficient (Wildman–Crippen LogP) is 5.39. The molecule has 0 bridgehead atoms. The largest absolute Gasteiger partial charge is 0.465 e. The van der Waals surface area contributed by atoms with Crippen molar-refractivity contribution in [2.45, 2.75) is 51.1 Å². The van der Waals surface area contributed by atoms with E-state index in [0.29, 0.717) is 21.8 Å². The maximum Gasteiger partial charge on any atom is 0.439 e. The number of amides is 1. The van der Waals surface area contributed by atoms with Gasteiger partial charge in [-0.05, 0) is 30.9 Å². The van der Waals surface area contributed by atoms with Crippen LogP contribution in [0.4, 0.5) is 31.3 Å². The summed E-state index contributed by atoms with van der Waals surface area (Å²) in [5, 5.41) is 1.83. The van der Waals surface area contributed by atoms with Crippen LogP contribution >= 0.6 is 11.3 Å². The van der Waals surface area contributed by atoms with E-state index in [9.17, 15) is 35.9 Å². The van der Waals surface area contributed by atoms with Crippen LogP contribution in [0.3, 0.4) is 0 Å². The number of hydrogen-bond acceptors (Lipinski definition) is 5. The van der Waals surface area contributed by atoms with Crippen molar-refractivity contribution in [1.29, 1.82) is 0 Å². The Morgan fingerprint density at radius 3 is 2.09 bits per heavy atom. The highest BCUT2D eigenvalue weighted by molar-refractivity contribution is 7.16. The summed E-state index contributed by atoms with van der Waals surface area (Å²) in [5.41, 5.74) is -4.43. The maximum atomic E-state index is 14.0. The zero-order chi connectivity index (χ0) is 25.0. The van der Waals surface area contributed by atoms with Gasteiger partial charge in [0, 0.05) is 11.3 Å². The lowest BCUT2D eigenvalue weighted by Crippen LogP contribution is -2.72. The summed E-state index contributed by atoms with van der Waals surface area (Å²) < 4.78 is 88.4. The van der Waals surface area contributed by atoms with Gasteiger partial charge in [-0.15, -0.1) is 11.3 Å². The van der Waals surface area contributed by atoms with Crippen LogP contribution in [-0.4, -0.2) is 37.0 Å². The molecule has 33 heavy (non-hydrogen) atoms. The van der Waals surface area contributed by atoms with Crippen molar-refractivity contribution in [2.24, 2.45) is 0 Å². The van der Waals surface area contributed by atoms with E-state index < -0.39 is 46.9 Å². The molecule has 0 saturated heterocycles. The van der Waals surface area contributed by atoms with Crippen molar-refractivity contribution < 1.29 is 40.7 Å². The second-order valence-electron chi connectivity index (χ2n) is 7.09. The molecular formula is C21H22F6N2O3S. The quantitative estimate of drug-likeness (QED) is 0.292. The van der Waals surface area contributed by atoms with Crippen LogP contribution in [0.25, 0.3) is 0 Å². The Kier molecular flexibility index (Phi) is 8.04. The number of carbonyl (C=O) groups excluding carboxylic acids is 2. The molecule has 2 rings (SSSR count). The van der Waals surface area contributed by atoms with Gasteiger partial charge in [0.05, 0.1) is 12.7 Å². The Balaban J connectivity index is 2.49. The van der Waals surface area contributed by atoms with E-state index >= 15 is 0 Å². The van der Waals surface area contributed by atoms with Crippen LogP contribution < -0.4 is 10.6 Å². The minimum Gasteiger partial charge on any atom is -0.465 e. The van der Waals surface area contributed by atoms with E-state index in [2.05, 4.69) is 4.74 Å². The van der Waals surface area contributed by atoms with Gasteiger partial charge in [-0.25, -0.2) is 4.79 Å². The van der Waals surface area contributed by atoms with Crippen LogP contribution in [-0.2, 0) is 22.4 Å². The molecule has 0 radical (unpaired) electrons. The van der Waals surface area contributed by atoms with Crippen molar-refractivity contribution in [3.63, 3.8) is 0 Å². The Bertz CT molecular complexity index is 972. The highest BCUT2D eigenvalue weighted by Gasteiger charge is 2.73. The van der Waals surface area contributed by atoms with Crippen molar-refractivity contribution in [3.8, 4) is 0 Å². The third-order valence-corrected chi connectivity index (χ3v) is 5.98. The number of thiophene rings is 1. The molecule has 0 aliphatic carbocycles. The van der Waals surface area contributed by atoms with Gasteiger partial charge in [0.2, 0.25) is 5.91 Å². The smallest absolute Gasteiger partial charge is 0.439 e. The number of rotatable bonds is 8. The molecule has 1 aromatic heterocycles. The topological polar surface area (TPSA) is 67.4 Å². The number of aryl methyl sites for hydroxylation is 2. The van der Waals surface area contributed by atoms with Crippen LogP contribution in [0, 0.1) is 6.92 Å². The van der Waals surface area contributed by atoms with E-state index in [1.807, 2.05) is 0 Å². The molecule has 1 aromatic carbocycles. The van der Waals surface area contributed by atoms with Crippen molar-refractivity contribution in [2.75, 3.05) is 12.4 Å². The van der Waals surface area contributed by atoms with Gasteiger partial charge in [0.25, 0.3) is 0 Å². The molecule has 0 atom stereocenters. The summed E-state index contributed by atoms with van der Waals surface area (Å²) >= 11 is 0.542. The Labute approximate surface area is 190 Å². The van der Waals surface area contributed by atoms with Crippen LogP contribution in [0.1, 0.15) is 39.7 Å². The first-order valence-electron chi connectivity index (χ1n) is 9.74. The van der Waals surface area contributed by atoms with E-state index in [4.69, 9.17) is 0 Å². The summed E-state index contributed by atoms with van der Waals surface area (Å²) in [6, 6.07) is 8.12. The first kappa shape index (κ1) is 26.5. The van der Waals surface area contributed by atoms with E-state index in [0.717, 1.165) is 12.4 Å². The average Bonchev–Trinajstić information content (AvgIpc) is 3.04. The lowest BCUT2D eigenvalue weighted by molar-refractivity contribution is -0.295. The molecule has 182 valence electrons. The van der Waals surface area contributed by atoms with Crippen LogP contribution in [0.2, 0.25) is 0 Å². The summed E-state index contributed by atoms with van der Waals surface area (Å²) in [4.78, 5) is 24.8. The number of alkyl halides is 6. The van der Waals surface area contributed by atoms with Gasteiger partial charge in [-0.1, -0.05) is 37.3 Å². The average molecular weight is 496 g/mol. The monoisotopic (exact) mass is 496 g/mol. The zero-order valence-corrected chi connectivity index (χ0v) is 18.7. The number of esters is 1. The fourth-order valence-electron chi connectivity index (χ4n) is 3.23. The molecule has 2 aromatic rings. The third-order valence-electron chi connectivity index (χ3n) is 4.91. The van der Waals surface area contributed by atoms with E-state index in [1.165, 1.54) is 12.2 Å². The lowest BCUT2D eigenvalue weighted by Gasteiger charge is -2.38. The van der Waals surface area contributed by atoms with Gasteiger partial charge >= 0.3 is 24.0 Å². The number of nitrogens with one attached hydrogen (secondary N) is 2. The molecule has 0 aliphatic heterocycles. The minimum atomic E-state index is -5.99. The SMILES string of the molecule is CCc1c(C)sc(NC(NC(=O)CCc2ccccc2)(C(F)(F)F)C(F)(F)F)c1C(=O)OC. The number of ether oxygens (including phenoxy) is 1. The standard InChI is InChI=1S/C21H22F6N2O3S/c1-4-14-12(2)33-17(16(14)18(31)32-3)29-19(20(22,23)24,21(25,26)27)28-15(30)11-10-13-8-6-5-7-9-13/h5-9,29H,4,10-11H2,1-3H3,(H,28,30). The molecule has 0 unspecified atom stereocenters. The van der Waals surface area contributed by atoms with Gasteiger partial charge in [-0.2, -0.15) is 26.3 Å².